The highest BCUT2D eigenvalue weighted by molar-refractivity contribution is 9.13. The van der Waals surface area contributed by atoms with Gasteiger partial charge < -0.3 is 5.11 Å². The van der Waals surface area contributed by atoms with Gasteiger partial charge in [0.05, 0.1) is 0 Å². The Kier molecular flexibility index (Phi) is 6.94. The van der Waals surface area contributed by atoms with Gasteiger partial charge in [0, 0.05) is 0 Å². The summed E-state index contributed by atoms with van der Waals surface area (Å²) in [5, 5.41) is 7.83. The number of rotatable bonds is 8. The fourth-order valence-electron chi connectivity index (χ4n) is 1.42. The molecule has 4 nitrogen and oxygen atoms in total. The summed E-state index contributed by atoms with van der Waals surface area (Å²) in [7, 11) is 0. The van der Waals surface area contributed by atoms with Gasteiger partial charge in [0.2, 0.25) is 0 Å². The lowest BCUT2D eigenvalue weighted by Crippen LogP contribution is -2.72. The number of hydrogen-bond acceptors (Lipinski definition) is 3. The maximum atomic E-state index is 14.0. The second kappa shape index (κ2) is 7.23. The van der Waals surface area contributed by atoms with Crippen molar-refractivity contribution in [3.05, 3.63) is 0 Å². The third kappa shape index (κ3) is 3.95. The Morgan fingerprint density at radius 2 is 0.931 bits per heavy atom. The van der Waals surface area contributed by atoms with Gasteiger partial charge in [-0.3, -0.25) is 9.59 Å². The van der Waals surface area contributed by atoms with Gasteiger partial charge in [-0.2, -0.15) is 48.3 Å². The van der Waals surface area contributed by atoms with E-state index in [1.807, 2.05) is 0 Å². The summed E-state index contributed by atoms with van der Waals surface area (Å²) in [5.74, 6) is -35.8. The van der Waals surface area contributed by atoms with Gasteiger partial charge in [-0.15, -0.1) is 0 Å². The first-order valence-electron chi connectivity index (χ1n) is 5.92. The Balaban J connectivity index is 6.97. The molecule has 0 spiro atoms. The molecule has 0 aromatic rings. The summed E-state index contributed by atoms with van der Waals surface area (Å²) in [6, 6.07) is 0. The molecule has 29 heavy (non-hydrogen) atoms. The largest absolute Gasteiger partial charge is 0.477 e. The number of carboxylic acids is 1. The highest BCUT2D eigenvalue weighted by Gasteiger charge is 2.87. The van der Waals surface area contributed by atoms with Crippen LogP contribution in [0, 0.1) is 0 Å². The van der Waals surface area contributed by atoms with Crippen LogP contribution >= 0.6 is 31.9 Å². The molecule has 2 unspecified atom stereocenters. The maximum absolute atomic E-state index is 14.0. The average Bonchev–Trinajstić information content (AvgIpc) is 2.49. The minimum absolute atomic E-state index is 0.857. The Bertz CT molecular complexity index is 711. The first-order valence-corrected chi connectivity index (χ1v) is 7.51. The molecule has 0 radical (unpaired) electrons. The number of aliphatic carboxylic acids is 1. The third-order valence-electron chi connectivity index (χ3n) is 3.01. The molecular weight excluding hydrogens is 591 g/mol. The second-order valence-electron chi connectivity index (χ2n) is 4.91. The molecule has 0 saturated carbocycles. The van der Waals surface area contributed by atoms with Crippen LogP contribution in [0.15, 0.2) is 0 Å². The van der Waals surface area contributed by atoms with Gasteiger partial charge in [0.25, 0.3) is 11.6 Å². The Morgan fingerprint density at radius 3 is 1.17 bits per heavy atom. The monoisotopic (exact) mass is 590 g/mol. The molecule has 0 saturated heterocycles. The van der Waals surface area contributed by atoms with Crippen molar-refractivity contribution >= 4 is 49.4 Å². The molecule has 19 heteroatoms. The van der Waals surface area contributed by atoms with Crippen LogP contribution in [0.3, 0.4) is 0 Å². The summed E-state index contributed by atoms with van der Waals surface area (Å²) < 4.78 is 165. The second-order valence-corrected chi connectivity index (χ2v) is 7.00. The molecule has 0 aromatic carbocycles. The lowest BCUT2D eigenvalue weighted by Gasteiger charge is -2.37. The van der Waals surface area contributed by atoms with Gasteiger partial charge in [-0.25, -0.2) is 13.6 Å². The van der Waals surface area contributed by atoms with E-state index in [0.29, 0.717) is 0 Å². The first-order chi connectivity index (χ1) is 12.3. The van der Waals surface area contributed by atoms with E-state index in [1.54, 1.807) is 0 Å². The van der Waals surface area contributed by atoms with E-state index in [9.17, 15) is 71.5 Å². The van der Waals surface area contributed by atoms with E-state index in [2.05, 4.69) is 0 Å². The minimum atomic E-state index is -7.77. The molecule has 0 amide bonds. The van der Waals surface area contributed by atoms with Crippen molar-refractivity contribution in [2.75, 3.05) is 0 Å². The number of halogens is 15. The zero-order valence-electron chi connectivity index (χ0n) is 12.3. The molecule has 0 fully saturated rings. The molecule has 1 N–H and O–H groups in total. The van der Waals surface area contributed by atoms with Crippen LogP contribution in [0.4, 0.5) is 57.1 Å². The van der Waals surface area contributed by atoms with Crippen molar-refractivity contribution in [2.24, 2.45) is 0 Å². The number of ketones is 2. The van der Waals surface area contributed by atoms with E-state index in [4.69, 9.17) is 5.11 Å². The number of carbonyl (C=O) groups excluding carboxylic acids is 2. The third-order valence-corrected chi connectivity index (χ3v) is 4.95. The van der Waals surface area contributed by atoms with Crippen LogP contribution in [0.25, 0.3) is 0 Å². The molecule has 0 aliphatic rings. The van der Waals surface area contributed by atoms with Crippen LogP contribution < -0.4 is 0 Å². The van der Waals surface area contributed by atoms with Gasteiger partial charge in [-0.1, -0.05) is 0 Å². The molecule has 0 bridgehead atoms. The van der Waals surface area contributed by atoms with Gasteiger partial charge >= 0.3 is 45.0 Å². The van der Waals surface area contributed by atoms with E-state index >= 15 is 0 Å². The van der Waals surface area contributed by atoms with Crippen molar-refractivity contribution in [2.45, 2.75) is 39.0 Å². The van der Waals surface area contributed by atoms with Crippen molar-refractivity contribution in [3.63, 3.8) is 0 Å². The summed E-state index contributed by atoms with van der Waals surface area (Å²) >= 11 is 1.75. The lowest BCUT2D eigenvalue weighted by molar-refractivity contribution is -0.297. The van der Waals surface area contributed by atoms with Crippen LogP contribution in [0.5, 0.6) is 0 Å². The van der Waals surface area contributed by atoms with E-state index in [1.165, 1.54) is 0 Å². The normalized spacial score (nSPS) is 18.6. The lowest BCUT2D eigenvalue weighted by atomic mass is 9.83. The van der Waals surface area contributed by atoms with Crippen molar-refractivity contribution in [1.82, 2.24) is 0 Å². The SMILES string of the molecule is O=C(O)C(F)(F)C(F)(F)C(=O)C(F)(C(F)(F)F)C(F)(F)C(=O)C(F)(Br)C(F)(F)Br. The average molecular weight is 592 g/mol. The van der Waals surface area contributed by atoms with Gasteiger partial charge in [-0.05, 0) is 31.9 Å². The minimum Gasteiger partial charge on any atom is -0.477 e. The zero-order valence-corrected chi connectivity index (χ0v) is 15.5. The van der Waals surface area contributed by atoms with Crippen LogP contribution in [-0.4, -0.2) is 61.7 Å². The highest BCUT2D eigenvalue weighted by atomic mass is 79.9. The standard InChI is InChI=1S/C10HBr2F13O4/c11-5(14,9(12,21)22)2(27)6(15,16)4(13,10(23,24)25)1(26)7(17,18)8(19,20)3(28)29/h(H,28,29). The van der Waals surface area contributed by atoms with Crippen molar-refractivity contribution in [3.8, 4) is 0 Å². The molecule has 0 aliphatic heterocycles. The Hall–Kier alpha value is -1.14. The predicted molar refractivity (Wildman–Crippen MR) is 69.0 cm³/mol. The topological polar surface area (TPSA) is 71.4 Å². The molecule has 0 aliphatic carbocycles. The zero-order chi connectivity index (χ0) is 24.2. The van der Waals surface area contributed by atoms with Crippen LogP contribution in [0.1, 0.15) is 0 Å². The van der Waals surface area contributed by atoms with Crippen LogP contribution in [-0.2, 0) is 14.4 Å². The smallest absolute Gasteiger partial charge is 0.436 e. The summed E-state index contributed by atoms with van der Waals surface area (Å²) in [4.78, 5) is 26.6. The predicted octanol–water partition coefficient (Wildman–Crippen LogP) is 4.43. The molecule has 0 heterocycles. The van der Waals surface area contributed by atoms with Gasteiger partial charge in [0.15, 0.2) is 0 Å². The summed E-state index contributed by atoms with van der Waals surface area (Å²) in [5.41, 5.74) is -7.77. The first kappa shape index (κ1) is 27.9. The maximum Gasteiger partial charge on any atom is 0.436 e. The molecule has 170 valence electrons. The van der Waals surface area contributed by atoms with Gasteiger partial charge in [0.1, 0.15) is 0 Å². The fourth-order valence-corrected chi connectivity index (χ4v) is 1.85. The molecular formula is C10HBr2F13O4. The quantitative estimate of drug-likeness (QED) is 0.335. The Labute approximate surface area is 165 Å². The number of carbonyl (C=O) groups is 3. The molecule has 2 atom stereocenters. The summed E-state index contributed by atoms with van der Waals surface area (Å²) in [6.07, 6.45) is -7.74. The van der Waals surface area contributed by atoms with E-state index in [0.717, 1.165) is 31.9 Å². The number of hydrogen-bond donors (Lipinski definition) is 1. The van der Waals surface area contributed by atoms with Crippen molar-refractivity contribution < 1.29 is 76.6 Å². The van der Waals surface area contributed by atoms with Crippen LogP contribution in [0.2, 0.25) is 0 Å². The molecule has 0 rings (SSSR count). The summed E-state index contributed by atoms with van der Waals surface area (Å²) in [6.45, 7) is 0. The number of Topliss-reactive ketones (excluding diaryl/α,β-unsaturated/α-hetero) is 2. The highest BCUT2D eigenvalue weighted by Crippen LogP contribution is 2.55. The van der Waals surface area contributed by atoms with E-state index < -0.39 is 56.6 Å². The van der Waals surface area contributed by atoms with Crippen molar-refractivity contribution in [1.29, 1.82) is 0 Å². The number of carboxylic acid groups (broad SMARTS) is 1. The number of alkyl halides is 15. The Morgan fingerprint density at radius 1 is 0.586 bits per heavy atom. The fraction of sp³-hybridized carbons (Fsp3) is 0.700. The molecule has 0 aromatic heterocycles. The van der Waals surface area contributed by atoms with E-state index in [-0.39, 0.29) is 0 Å².